The number of carbonyl (C=O) groups excluding carboxylic acids is 2. The normalized spacial score (nSPS) is 14.3. The van der Waals surface area contributed by atoms with Gasteiger partial charge in [0.05, 0.1) is 54.5 Å². The molecule has 3 rings (SSSR count). The number of hydrogen-bond donors (Lipinski definition) is 2. The Bertz CT molecular complexity index is 1300. The summed E-state index contributed by atoms with van der Waals surface area (Å²) in [5.41, 5.74) is -0.264. The fraction of sp³-hybridized carbons (Fsp3) is 0.588. The number of benzene rings is 1. The van der Waals surface area contributed by atoms with Gasteiger partial charge in [-0.3, -0.25) is 0 Å². The molecule has 0 aromatic heterocycles. The van der Waals surface area contributed by atoms with Crippen molar-refractivity contribution in [2.45, 2.75) is 98.6 Å². The van der Waals surface area contributed by atoms with Gasteiger partial charge in [-0.25, -0.2) is 9.59 Å². The first-order valence-corrected chi connectivity index (χ1v) is 19.6. The fourth-order valence-corrected chi connectivity index (χ4v) is 10.2. The van der Waals surface area contributed by atoms with Gasteiger partial charge in [0.1, 0.15) is 36.9 Å². The van der Waals surface area contributed by atoms with Gasteiger partial charge in [0.25, 0.3) is 0 Å². The van der Waals surface area contributed by atoms with E-state index in [4.69, 9.17) is 18.9 Å². The summed E-state index contributed by atoms with van der Waals surface area (Å²) in [5.74, 6) is -0.244. The van der Waals surface area contributed by atoms with Gasteiger partial charge in [-0.1, -0.05) is 113 Å². The second kappa shape index (κ2) is 20.9. The van der Waals surface area contributed by atoms with Gasteiger partial charge in [-0.15, -0.1) is 0 Å². The Morgan fingerprint density at radius 3 is 1.29 bits per heavy atom. The average molecular weight is 737 g/mol. The molecule has 262 valence electrons. The van der Waals surface area contributed by atoms with Crippen LogP contribution in [0.3, 0.4) is 0 Å². The smallest absolute Gasteiger partial charge is 0.350 e. The van der Waals surface area contributed by atoms with Crippen molar-refractivity contribution in [3.05, 3.63) is 19.6 Å². The van der Waals surface area contributed by atoms with Gasteiger partial charge in [-0.05, 0) is 24.7 Å². The molecule has 0 aliphatic carbocycles. The van der Waals surface area contributed by atoms with Crippen molar-refractivity contribution in [1.82, 2.24) is 0 Å². The van der Waals surface area contributed by atoms with Crippen LogP contribution in [0.15, 0.2) is 39.2 Å². The summed E-state index contributed by atoms with van der Waals surface area (Å²) >= 11 is 4.63. The van der Waals surface area contributed by atoms with Gasteiger partial charge in [0.2, 0.25) is 0 Å². The van der Waals surface area contributed by atoms with Gasteiger partial charge >= 0.3 is 11.9 Å². The molecular weight excluding hydrogens is 693 g/mol. The van der Waals surface area contributed by atoms with Crippen molar-refractivity contribution in [2.75, 3.05) is 39.6 Å². The monoisotopic (exact) mass is 736 g/mol. The van der Waals surface area contributed by atoms with Crippen LogP contribution in [0.5, 0.6) is 11.5 Å². The lowest BCUT2D eigenvalue weighted by molar-refractivity contribution is -0.140. The molecule has 2 N–H and O–H groups in total. The number of ether oxygens (including phenoxy) is 4. The fourth-order valence-electron chi connectivity index (χ4n) is 4.84. The summed E-state index contributed by atoms with van der Waals surface area (Å²) in [7, 11) is 0. The molecule has 0 bridgehead atoms. The second-order valence-electron chi connectivity index (χ2n) is 11.1. The maximum atomic E-state index is 13.2. The summed E-state index contributed by atoms with van der Waals surface area (Å²) in [5, 5.41) is 39.3. The molecule has 0 fully saturated rings. The molecule has 0 radical (unpaired) electrons. The largest absolute Gasteiger partial charge is 0.489 e. The molecule has 48 heavy (non-hydrogen) atoms. The van der Waals surface area contributed by atoms with E-state index in [0.29, 0.717) is 39.6 Å². The first-order chi connectivity index (χ1) is 23.3. The highest BCUT2D eigenvalue weighted by atomic mass is 32.2. The van der Waals surface area contributed by atoms with Crippen LogP contribution in [0, 0.1) is 34.5 Å². The summed E-state index contributed by atoms with van der Waals surface area (Å²) in [6.07, 6.45) is 7.74. The Kier molecular flexibility index (Phi) is 17.4. The molecule has 1 aromatic rings. The third kappa shape index (κ3) is 10.3. The van der Waals surface area contributed by atoms with E-state index >= 15 is 0 Å². The number of thioether (sulfide) groups is 4. The first kappa shape index (κ1) is 40.0. The zero-order chi connectivity index (χ0) is 35.1. The van der Waals surface area contributed by atoms with E-state index in [-0.39, 0.29) is 62.6 Å². The van der Waals surface area contributed by atoms with Crippen molar-refractivity contribution >= 4 is 59.0 Å². The van der Waals surface area contributed by atoms with Crippen LogP contribution in [0.4, 0.5) is 0 Å². The van der Waals surface area contributed by atoms with Gasteiger partial charge in [0.15, 0.2) is 11.1 Å². The lowest BCUT2D eigenvalue weighted by Gasteiger charge is -2.17. The number of hydrogen-bond acceptors (Lipinski definition) is 14. The molecule has 0 amide bonds. The molecule has 0 saturated heterocycles. The number of unbranched alkanes of at least 4 members (excludes halogenated alkanes) is 2. The SMILES string of the molecule is CCCCC(CC)COC(=O)C(C#N)=C1Sc2c(OCCO)c3c(c(OCCO)c2S1)SC(=C(C#N)C(=O)OCC(CC)CCCC)S3. The zero-order valence-electron chi connectivity index (χ0n) is 27.9. The molecule has 2 atom stereocenters. The average Bonchev–Trinajstić information content (AvgIpc) is 3.72. The van der Waals surface area contributed by atoms with Crippen molar-refractivity contribution in [2.24, 2.45) is 11.8 Å². The number of nitriles is 2. The van der Waals surface area contributed by atoms with E-state index in [0.717, 1.165) is 98.4 Å². The molecular formula is C34H44N2O8S4. The zero-order valence-corrected chi connectivity index (χ0v) is 31.2. The van der Waals surface area contributed by atoms with E-state index in [1.54, 1.807) is 0 Å². The molecule has 0 saturated carbocycles. The van der Waals surface area contributed by atoms with Gasteiger partial charge in [-0.2, -0.15) is 10.5 Å². The maximum Gasteiger partial charge on any atom is 0.350 e. The second-order valence-corrected chi connectivity index (χ2v) is 15.7. The van der Waals surface area contributed by atoms with E-state index in [1.165, 1.54) is 0 Å². The molecule has 2 aliphatic heterocycles. The Labute approximate surface area is 300 Å². The minimum absolute atomic E-state index is 0.0447. The third-order valence-corrected chi connectivity index (χ3v) is 12.9. The topological polar surface area (TPSA) is 159 Å². The summed E-state index contributed by atoms with van der Waals surface area (Å²) in [4.78, 5) is 28.5. The number of carbonyl (C=O) groups is 2. The van der Waals surface area contributed by atoms with Gasteiger partial charge in [0, 0.05) is 0 Å². The molecule has 14 heteroatoms. The quantitative estimate of drug-likeness (QED) is 0.0758. The van der Waals surface area contributed by atoms with E-state index in [1.807, 2.05) is 26.0 Å². The number of esters is 2. The number of aliphatic hydroxyl groups is 2. The van der Waals surface area contributed by atoms with E-state index in [2.05, 4.69) is 13.8 Å². The molecule has 10 nitrogen and oxygen atoms in total. The summed E-state index contributed by atoms with van der Waals surface area (Å²) in [6.45, 7) is 8.14. The molecule has 2 aliphatic rings. The van der Waals surface area contributed by atoms with E-state index in [9.17, 15) is 30.3 Å². The number of rotatable bonds is 20. The van der Waals surface area contributed by atoms with Crippen LogP contribution < -0.4 is 9.47 Å². The third-order valence-electron chi connectivity index (χ3n) is 7.72. The highest BCUT2D eigenvalue weighted by molar-refractivity contribution is 8.26. The first-order valence-electron chi connectivity index (χ1n) is 16.4. The Morgan fingerprint density at radius 2 is 1.02 bits per heavy atom. The predicted molar refractivity (Wildman–Crippen MR) is 189 cm³/mol. The lowest BCUT2D eigenvalue weighted by Crippen LogP contribution is -2.15. The lowest BCUT2D eigenvalue weighted by atomic mass is 10.0. The highest BCUT2D eigenvalue weighted by Gasteiger charge is 2.40. The number of nitrogens with zero attached hydrogens (tertiary/aromatic N) is 2. The minimum Gasteiger partial charge on any atom is -0.489 e. The van der Waals surface area contributed by atoms with Crippen LogP contribution in [0.2, 0.25) is 0 Å². The van der Waals surface area contributed by atoms with Crippen LogP contribution in [0.25, 0.3) is 0 Å². The Morgan fingerprint density at radius 1 is 0.667 bits per heavy atom. The van der Waals surface area contributed by atoms with E-state index < -0.39 is 11.9 Å². The predicted octanol–water partition coefficient (Wildman–Crippen LogP) is 7.81. The minimum atomic E-state index is -0.704. The summed E-state index contributed by atoms with van der Waals surface area (Å²) in [6, 6.07) is 4.04. The molecule has 0 spiro atoms. The van der Waals surface area contributed by atoms with Crippen molar-refractivity contribution in [1.29, 1.82) is 10.5 Å². The van der Waals surface area contributed by atoms with Crippen molar-refractivity contribution < 1.29 is 38.7 Å². The number of fused-ring (bicyclic) bond motifs is 2. The van der Waals surface area contributed by atoms with Gasteiger partial charge < -0.3 is 29.2 Å². The maximum absolute atomic E-state index is 13.2. The molecule has 2 heterocycles. The molecule has 2 unspecified atom stereocenters. The van der Waals surface area contributed by atoms with Crippen molar-refractivity contribution in [3.63, 3.8) is 0 Å². The Balaban J connectivity index is 2.00. The van der Waals surface area contributed by atoms with Crippen molar-refractivity contribution in [3.8, 4) is 23.6 Å². The van der Waals surface area contributed by atoms with Crippen LogP contribution in [-0.4, -0.2) is 61.8 Å². The van der Waals surface area contributed by atoms with Crippen LogP contribution >= 0.6 is 47.0 Å². The summed E-state index contributed by atoms with van der Waals surface area (Å²) < 4.78 is 24.1. The number of aliphatic hydroxyl groups excluding tert-OH is 2. The molecule has 1 aromatic carbocycles. The van der Waals surface area contributed by atoms with Crippen LogP contribution in [0.1, 0.15) is 79.1 Å². The highest BCUT2D eigenvalue weighted by Crippen LogP contribution is 2.68. The van der Waals surface area contributed by atoms with Crippen LogP contribution in [-0.2, 0) is 19.1 Å². The Hall–Kier alpha value is -2.46. The standard InChI is InChI=1S/C34H44N2O8S4/c1-5-9-11-21(7-3)19-43-31(39)23(17-35)33-45-27-25(41-15-13-37)29-30(26(28(27)46-33)42-16-14-38)48-34(47-29)24(18-36)32(40)44-20-22(8-4)12-10-6-2/h21-22,37-38H,5-16,19-20H2,1-4H3.